The summed E-state index contributed by atoms with van der Waals surface area (Å²) in [6.07, 6.45) is 5.21. The van der Waals surface area contributed by atoms with Crippen LogP contribution < -0.4 is 10.1 Å². The molecular weight excluding hydrogens is 486 g/mol. The molecule has 0 radical (unpaired) electrons. The predicted molar refractivity (Wildman–Crippen MR) is 146 cm³/mol. The van der Waals surface area contributed by atoms with Crippen molar-refractivity contribution in [1.29, 1.82) is 0 Å². The van der Waals surface area contributed by atoms with Crippen molar-refractivity contribution in [3.05, 3.63) is 29.8 Å². The molecule has 8 heteroatoms. The summed E-state index contributed by atoms with van der Waals surface area (Å²) >= 11 is 0. The number of ether oxygens (including phenoxy) is 4. The molecule has 1 aliphatic carbocycles. The molecule has 2 rings (SSSR count). The molecule has 0 heterocycles. The molecular formula is C30H47NO7. The Labute approximate surface area is 228 Å². The summed E-state index contributed by atoms with van der Waals surface area (Å²) in [5.74, 6) is -0.379. The van der Waals surface area contributed by atoms with E-state index in [0.717, 1.165) is 30.6 Å². The number of nitrogens with one attached hydrogen (secondary N) is 1. The zero-order valence-corrected chi connectivity index (χ0v) is 24.1. The van der Waals surface area contributed by atoms with Crippen LogP contribution in [0.5, 0.6) is 5.75 Å². The number of carbonyl (C=O) groups is 3. The van der Waals surface area contributed by atoms with Crippen molar-refractivity contribution in [2.45, 2.75) is 104 Å². The third-order valence-electron chi connectivity index (χ3n) is 6.83. The molecule has 1 aromatic carbocycles. The number of hydrogen-bond acceptors (Lipinski definition) is 7. The fraction of sp³-hybridized carbons (Fsp3) is 0.700. The number of methoxy groups -OCH3 is 1. The van der Waals surface area contributed by atoms with Gasteiger partial charge in [0.2, 0.25) is 5.91 Å². The Bertz CT molecular complexity index is 902. The summed E-state index contributed by atoms with van der Waals surface area (Å²) in [4.78, 5) is 39.1. The van der Waals surface area contributed by atoms with Crippen LogP contribution in [0.25, 0.3) is 0 Å². The zero-order valence-electron chi connectivity index (χ0n) is 24.1. The van der Waals surface area contributed by atoms with E-state index in [4.69, 9.17) is 18.9 Å². The lowest BCUT2D eigenvalue weighted by Crippen LogP contribution is -2.48. The number of hydrogen-bond donors (Lipinski definition) is 1. The van der Waals surface area contributed by atoms with Gasteiger partial charge >= 0.3 is 11.9 Å². The second kappa shape index (κ2) is 15.1. The largest absolute Gasteiger partial charge is 0.497 e. The summed E-state index contributed by atoms with van der Waals surface area (Å²) in [5.41, 5.74) is -0.326. The van der Waals surface area contributed by atoms with E-state index in [1.807, 2.05) is 52.0 Å². The lowest BCUT2D eigenvalue weighted by molar-refractivity contribution is -0.162. The van der Waals surface area contributed by atoms with Gasteiger partial charge in [-0.15, -0.1) is 0 Å². The summed E-state index contributed by atoms with van der Waals surface area (Å²) in [5, 5.41) is 3.09. The minimum atomic E-state index is -0.670. The van der Waals surface area contributed by atoms with Crippen molar-refractivity contribution in [3.8, 4) is 5.75 Å². The molecule has 1 fully saturated rings. The first-order chi connectivity index (χ1) is 18.0. The zero-order chi connectivity index (χ0) is 28.2. The van der Waals surface area contributed by atoms with E-state index in [-0.39, 0.29) is 43.4 Å². The van der Waals surface area contributed by atoms with Gasteiger partial charge in [-0.05, 0) is 71.1 Å². The third-order valence-corrected chi connectivity index (χ3v) is 6.83. The van der Waals surface area contributed by atoms with Crippen LogP contribution in [-0.2, 0) is 35.2 Å². The average Bonchev–Trinajstić information content (AvgIpc) is 3.33. The fourth-order valence-corrected chi connectivity index (χ4v) is 5.08. The molecule has 1 aliphatic rings. The summed E-state index contributed by atoms with van der Waals surface area (Å²) in [6.45, 7) is 10.1. The molecule has 0 saturated heterocycles. The Hall–Kier alpha value is -2.61. The van der Waals surface area contributed by atoms with Gasteiger partial charge in [-0.25, -0.2) is 0 Å². The minimum Gasteiger partial charge on any atom is -0.497 e. The van der Waals surface area contributed by atoms with Gasteiger partial charge < -0.3 is 24.3 Å². The molecule has 0 bridgehead atoms. The first kappa shape index (κ1) is 31.6. The van der Waals surface area contributed by atoms with Gasteiger partial charge in [0.25, 0.3) is 0 Å². The van der Waals surface area contributed by atoms with Gasteiger partial charge in [-0.1, -0.05) is 38.3 Å². The van der Waals surface area contributed by atoms with Crippen LogP contribution in [0, 0.1) is 11.3 Å². The van der Waals surface area contributed by atoms with Crippen molar-refractivity contribution in [2.75, 3.05) is 20.3 Å². The highest BCUT2D eigenvalue weighted by Gasteiger charge is 2.45. The number of esters is 2. The third kappa shape index (κ3) is 10.3. The Morgan fingerprint density at radius 1 is 1.11 bits per heavy atom. The summed E-state index contributed by atoms with van der Waals surface area (Å²) in [7, 11) is 1.61. The topological polar surface area (TPSA) is 100 Å². The van der Waals surface area contributed by atoms with Crippen LogP contribution in [0.1, 0.15) is 91.5 Å². The smallest absolute Gasteiger partial charge is 0.309 e. The average molecular weight is 534 g/mol. The van der Waals surface area contributed by atoms with Crippen molar-refractivity contribution < 1.29 is 33.3 Å². The van der Waals surface area contributed by atoms with Gasteiger partial charge in [-0.3, -0.25) is 14.4 Å². The van der Waals surface area contributed by atoms with Crippen LogP contribution in [0.3, 0.4) is 0 Å². The molecule has 8 nitrogen and oxygen atoms in total. The monoisotopic (exact) mass is 533 g/mol. The van der Waals surface area contributed by atoms with Crippen LogP contribution in [0.2, 0.25) is 0 Å². The highest BCUT2D eigenvalue weighted by atomic mass is 16.6. The van der Waals surface area contributed by atoms with Crippen LogP contribution in [-0.4, -0.2) is 49.8 Å². The fourth-order valence-electron chi connectivity index (χ4n) is 5.08. The Morgan fingerprint density at radius 3 is 2.42 bits per heavy atom. The molecule has 1 N–H and O–H groups in total. The van der Waals surface area contributed by atoms with Crippen LogP contribution in [0.15, 0.2) is 24.3 Å². The maximum Gasteiger partial charge on any atom is 0.309 e. The number of amides is 1. The molecule has 2 atom stereocenters. The Kier molecular flexibility index (Phi) is 12.6. The number of rotatable bonds is 15. The second-order valence-electron chi connectivity index (χ2n) is 11.3. The normalized spacial score (nSPS) is 16.4. The maximum absolute atomic E-state index is 13.8. The van der Waals surface area contributed by atoms with E-state index in [9.17, 15) is 14.4 Å². The quantitative estimate of drug-likeness (QED) is 0.303. The Balaban J connectivity index is 2.14. The molecule has 1 aromatic rings. The Morgan fingerprint density at radius 2 is 1.82 bits per heavy atom. The van der Waals surface area contributed by atoms with E-state index >= 15 is 0 Å². The number of carbonyl (C=O) groups excluding carboxylic acids is 3. The number of benzene rings is 1. The van der Waals surface area contributed by atoms with E-state index in [2.05, 4.69) is 5.32 Å². The molecule has 0 aromatic heterocycles. The van der Waals surface area contributed by atoms with Crippen molar-refractivity contribution in [3.63, 3.8) is 0 Å². The minimum absolute atomic E-state index is 0.0121. The van der Waals surface area contributed by atoms with Crippen molar-refractivity contribution >= 4 is 17.8 Å². The molecule has 214 valence electrons. The first-order valence-corrected chi connectivity index (χ1v) is 13.9. The highest BCUT2D eigenvalue weighted by molar-refractivity contribution is 5.85. The first-order valence-electron chi connectivity index (χ1n) is 13.9. The van der Waals surface area contributed by atoms with Gasteiger partial charge in [0, 0.05) is 0 Å². The highest BCUT2D eigenvalue weighted by Crippen LogP contribution is 2.45. The van der Waals surface area contributed by atoms with E-state index in [1.54, 1.807) is 14.0 Å². The summed E-state index contributed by atoms with van der Waals surface area (Å²) in [6, 6.07) is 7.01. The molecule has 2 unspecified atom stereocenters. The van der Waals surface area contributed by atoms with E-state index in [1.165, 1.54) is 0 Å². The molecule has 38 heavy (non-hydrogen) atoms. The second-order valence-corrected chi connectivity index (χ2v) is 11.3. The van der Waals surface area contributed by atoms with E-state index < -0.39 is 17.1 Å². The van der Waals surface area contributed by atoms with Crippen LogP contribution >= 0.6 is 0 Å². The van der Waals surface area contributed by atoms with Gasteiger partial charge in [0.15, 0.2) is 0 Å². The van der Waals surface area contributed by atoms with E-state index in [0.29, 0.717) is 32.3 Å². The predicted octanol–water partition coefficient (Wildman–Crippen LogP) is 5.36. The standard InChI is InChI=1S/C30H47NO7/c1-7-12-23(27(33)38-29(3,4)5)19-30(15-9-10-16-30)28(34)31-24(18-26(32)37-8-2)21-36-20-22-13-11-14-25(17-22)35-6/h11,13-14,17,23-24H,7-10,12,15-16,18-21H2,1-6H3,(H,31,34). The maximum atomic E-state index is 13.8. The lowest BCUT2D eigenvalue weighted by Gasteiger charge is -2.34. The lowest BCUT2D eigenvalue weighted by atomic mass is 9.75. The molecule has 0 aliphatic heterocycles. The van der Waals surface area contributed by atoms with Crippen molar-refractivity contribution in [2.24, 2.45) is 11.3 Å². The van der Waals surface area contributed by atoms with Crippen molar-refractivity contribution in [1.82, 2.24) is 5.32 Å². The van der Waals surface area contributed by atoms with Gasteiger partial charge in [0.05, 0.1) is 50.7 Å². The molecule has 1 amide bonds. The summed E-state index contributed by atoms with van der Waals surface area (Å²) < 4.78 is 22.0. The molecule has 1 saturated carbocycles. The van der Waals surface area contributed by atoms with Gasteiger partial charge in [0.1, 0.15) is 11.4 Å². The SMILES string of the molecule is CCCC(CC1(C(=O)NC(COCc2cccc(OC)c2)CC(=O)OCC)CCCC1)C(=O)OC(C)(C)C. The van der Waals surface area contributed by atoms with Gasteiger partial charge in [-0.2, -0.15) is 0 Å². The van der Waals surface area contributed by atoms with Crippen LogP contribution in [0.4, 0.5) is 0 Å². The molecule has 0 spiro atoms.